The van der Waals surface area contributed by atoms with Crippen molar-refractivity contribution in [2.75, 3.05) is 0 Å². The van der Waals surface area contributed by atoms with Gasteiger partial charge in [-0.15, -0.1) is 0 Å². The van der Waals surface area contributed by atoms with E-state index < -0.39 is 0 Å². The molecule has 0 heterocycles. The van der Waals surface area contributed by atoms with Crippen LogP contribution in [0.3, 0.4) is 0 Å². The van der Waals surface area contributed by atoms with Gasteiger partial charge >= 0.3 is 0 Å². The number of aryl methyl sites for hydroxylation is 1. The van der Waals surface area contributed by atoms with Crippen LogP contribution in [0.1, 0.15) is 56.7 Å². The van der Waals surface area contributed by atoms with Gasteiger partial charge in [0, 0.05) is 17.6 Å². The fraction of sp³-hybridized carbons (Fsp3) is 0.625. The quantitative estimate of drug-likeness (QED) is 0.846. The molecule has 1 nitrogen and oxygen atoms in total. The van der Waals surface area contributed by atoms with Gasteiger partial charge in [0.2, 0.25) is 0 Å². The molecule has 19 heavy (non-hydrogen) atoms. The van der Waals surface area contributed by atoms with Gasteiger partial charge < -0.3 is 5.32 Å². The van der Waals surface area contributed by atoms with E-state index in [4.69, 9.17) is 0 Å². The van der Waals surface area contributed by atoms with Crippen molar-refractivity contribution in [1.82, 2.24) is 5.32 Å². The molecule has 1 aromatic carbocycles. The molecule has 1 saturated carbocycles. The first-order chi connectivity index (χ1) is 8.99. The molecule has 2 rings (SSSR count). The summed E-state index contributed by atoms with van der Waals surface area (Å²) < 4.78 is 27.5. The minimum absolute atomic E-state index is 0.161. The Morgan fingerprint density at radius 1 is 1.11 bits per heavy atom. The van der Waals surface area contributed by atoms with E-state index in [-0.39, 0.29) is 17.7 Å². The van der Waals surface area contributed by atoms with Crippen LogP contribution in [0.4, 0.5) is 8.78 Å². The summed E-state index contributed by atoms with van der Waals surface area (Å²) in [5, 5.41) is 3.42. The smallest absolute Gasteiger partial charge is 0.128 e. The van der Waals surface area contributed by atoms with Crippen molar-refractivity contribution in [3.05, 3.63) is 34.9 Å². The molecule has 0 bridgehead atoms. The van der Waals surface area contributed by atoms with Crippen LogP contribution in [0, 0.1) is 24.5 Å². The topological polar surface area (TPSA) is 12.0 Å². The Morgan fingerprint density at radius 2 is 1.74 bits per heavy atom. The fourth-order valence-corrected chi connectivity index (χ4v) is 3.07. The van der Waals surface area contributed by atoms with Crippen molar-refractivity contribution in [3.63, 3.8) is 0 Å². The number of hydrogen-bond acceptors (Lipinski definition) is 1. The molecule has 0 aromatic heterocycles. The Hall–Kier alpha value is -0.960. The van der Waals surface area contributed by atoms with Crippen LogP contribution in [-0.4, -0.2) is 6.04 Å². The SMILES string of the molecule is Cc1cc(F)c(C(C)N[C@H](C)C2CCCC2)cc1F. The molecule has 1 fully saturated rings. The lowest BCUT2D eigenvalue weighted by Crippen LogP contribution is -2.34. The lowest BCUT2D eigenvalue weighted by atomic mass is 9.97. The van der Waals surface area contributed by atoms with Gasteiger partial charge in [0.25, 0.3) is 0 Å². The first-order valence-corrected chi connectivity index (χ1v) is 7.20. The highest BCUT2D eigenvalue weighted by atomic mass is 19.1. The van der Waals surface area contributed by atoms with Crippen molar-refractivity contribution in [2.24, 2.45) is 5.92 Å². The van der Waals surface area contributed by atoms with Crippen molar-refractivity contribution < 1.29 is 8.78 Å². The second-order valence-corrected chi connectivity index (χ2v) is 5.84. The summed E-state index contributed by atoms with van der Waals surface area (Å²) in [6.45, 7) is 5.63. The third kappa shape index (κ3) is 3.33. The van der Waals surface area contributed by atoms with Gasteiger partial charge in [0.15, 0.2) is 0 Å². The summed E-state index contributed by atoms with van der Waals surface area (Å²) >= 11 is 0. The van der Waals surface area contributed by atoms with Gasteiger partial charge in [0.05, 0.1) is 0 Å². The minimum atomic E-state index is -0.335. The molecular weight excluding hydrogens is 244 g/mol. The maximum absolute atomic E-state index is 13.9. The van der Waals surface area contributed by atoms with Gasteiger partial charge in [-0.1, -0.05) is 12.8 Å². The number of nitrogens with one attached hydrogen (secondary N) is 1. The molecule has 0 aliphatic heterocycles. The van der Waals surface area contributed by atoms with Gasteiger partial charge in [-0.3, -0.25) is 0 Å². The lowest BCUT2D eigenvalue weighted by Gasteiger charge is -2.25. The third-order valence-corrected chi connectivity index (χ3v) is 4.36. The van der Waals surface area contributed by atoms with Crippen LogP contribution in [0.15, 0.2) is 12.1 Å². The van der Waals surface area contributed by atoms with Gasteiger partial charge in [-0.25, -0.2) is 8.78 Å². The molecule has 1 N–H and O–H groups in total. The number of benzene rings is 1. The van der Waals surface area contributed by atoms with Crippen LogP contribution in [0.25, 0.3) is 0 Å². The molecule has 0 amide bonds. The van der Waals surface area contributed by atoms with Crippen LogP contribution < -0.4 is 5.32 Å². The molecule has 0 radical (unpaired) electrons. The zero-order valence-corrected chi connectivity index (χ0v) is 12.0. The first-order valence-electron chi connectivity index (χ1n) is 7.20. The van der Waals surface area contributed by atoms with Crippen molar-refractivity contribution in [3.8, 4) is 0 Å². The van der Waals surface area contributed by atoms with E-state index in [2.05, 4.69) is 12.2 Å². The molecule has 2 atom stereocenters. The minimum Gasteiger partial charge on any atom is -0.307 e. The van der Waals surface area contributed by atoms with Crippen LogP contribution >= 0.6 is 0 Å². The molecule has 106 valence electrons. The average Bonchev–Trinajstić information content (AvgIpc) is 2.87. The third-order valence-electron chi connectivity index (χ3n) is 4.36. The Labute approximate surface area is 114 Å². The Kier molecular flexibility index (Phi) is 4.56. The van der Waals surface area contributed by atoms with Crippen molar-refractivity contribution >= 4 is 0 Å². The number of hydrogen-bond donors (Lipinski definition) is 1. The van der Waals surface area contributed by atoms with Crippen molar-refractivity contribution in [1.29, 1.82) is 0 Å². The summed E-state index contributed by atoms with van der Waals surface area (Å²) in [5.41, 5.74) is 0.783. The van der Waals surface area contributed by atoms with E-state index in [0.717, 1.165) is 0 Å². The van der Waals surface area contributed by atoms with Gasteiger partial charge in [-0.05, 0) is 57.2 Å². The molecule has 3 heteroatoms. The highest BCUT2D eigenvalue weighted by Gasteiger charge is 2.24. The molecular formula is C16H23F2N. The summed E-state index contributed by atoms with van der Waals surface area (Å²) in [5.74, 6) is 0.0110. The predicted molar refractivity (Wildman–Crippen MR) is 74.1 cm³/mol. The van der Waals surface area contributed by atoms with E-state index in [9.17, 15) is 8.78 Å². The molecule has 1 aliphatic carbocycles. The number of rotatable bonds is 4. The zero-order valence-electron chi connectivity index (χ0n) is 12.0. The second kappa shape index (κ2) is 6.00. The first kappa shape index (κ1) is 14.4. The molecule has 1 aliphatic rings. The Balaban J connectivity index is 2.06. The van der Waals surface area contributed by atoms with E-state index in [1.54, 1.807) is 6.92 Å². The normalized spacial score (nSPS) is 19.6. The van der Waals surface area contributed by atoms with E-state index >= 15 is 0 Å². The zero-order chi connectivity index (χ0) is 14.0. The summed E-state index contributed by atoms with van der Waals surface area (Å²) in [4.78, 5) is 0. The van der Waals surface area contributed by atoms with Gasteiger partial charge in [0.1, 0.15) is 11.6 Å². The molecule has 0 spiro atoms. The van der Waals surface area contributed by atoms with Crippen molar-refractivity contribution in [2.45, 2.75) is 58.5 Å². The van der Waals surface area contributed by atoms with Gasteiger partial charge in [-0.2, -0.15) is 0 Å². The second-order valence-electron chi connectivity index (χ2n) is 5.84. The molecule has 1 aromatic rings. The summed E-state index contributed by atoms with van der Waals surface area (Å²) in [6, 6.07) is 2.79. The summed E-state index contributed by atoms with van der Waals surface area (Å²) in [6.07, 6.45) is 5.06. The predicted octanol–water partition coefficient (Wildman–Crippen LogP) is 4.50. The Morgan fingerprint density at radius 3 is 2.37 bits per heavy atom. The average molecular weight is 267 g/mol. The largest absolute Gasteiger partial charge is 0.307 e. The maximum Gasteiger partial charge on any atom is 0.128 e. The van der Waals surface area contributed by atoms with Crippen LogP contribution in [-0.2, 0) is 0 Å². The summed E-state index contributed by atoms with van der Waals surface area (Å²) in [7, 11) is 0. The highest BCUT2D eigenvalue weighted by molar-refractivity contribution is 5.27. The van der Waals surface area contributed by atoms with E-state index in [1.165, 1.54) is 37.8 Å². The Bertz CT molecular complexity index is 439. The van der Waals surface area contributed by atoms with E-state index in [0.29, 0.717) is 23.1 Å². The standard InChI is InChI=1S/C16H23F2N/c1-10-8-16(18)14(9-15(10)17)12(3)19-11(2)13-6-4-5-7-13/h8-9,11-13,19H,4-7H2,1-3H3/t11-,12?/m1/s1. The fourth-order valence-electron chi connectivity index (χ4n) is 3.07. The molecule has 1 unspecified atom stereocenters. The highest BCUT2D eigenvalue weighted by Crippen LogP contribution is 2.29. The molecule has 0 saturated heterocycles. The van der Waals surface area contributed by atoms with E-state index in [1.807, 2.05) is 6.92 Å². The monoisotopic (exact) mass is 267 g/mol. The maximum atomic E-state index is 13.9. The van der Waals surface area contributed by atoms with Crippen LogP contribution in [0.2, 0.25) is 0 Å². The lowest BCUT2D eigenvalue weighted by molar-refractivity contribution is 0.348. The number of halogens is 2. The van der Waals surface area contributed by atoms with Crippen LogP contribution in [0.5, 0.6) is 0 Å².